The van der Waals surface area contributed by atoms with Crippen LogP contribution in [0.5, 0.6) is 0 Å². The molecule has 0 radical (unpaired) electrons. The van der Waals surface area contributed by atoms with Crippen LogP contribution in [0, 0.1) is 0 Å². The zero-order valence-electron chi connectivity index (χ0n) is 9.25. The van der Waals surface area contributed by atoms with Gasteiger partial charge in [-0.15, -0.1) is 0 Å². The molecule has 2 heterocycles. The van der Waals surface area contributed by atoms with Gasteiger partial charge in [-0.1, -0.05) is 6.92 Å². The summed E-state index contributed by atoms with van der Waals surface area (Å²) in [6.45, 7) is 8.97. The molecule has 2 rings (SSSR count). The lowest BCUT2D eigenvalue weighted by Gasteiger charge is -2.33. The highest BCUT2D eigenvalue weighted by Gasteiger charge is 2.27. The molecule has 0 atom stereocenters. The Labute approximate surface area is 85.5 Å². The summed E-state index contributed by atoms with van der Waals surface area (Å²) in [6, 6.07) is 0. The van der Waals surface area contributed by atoms with Crippen molar-refractivity contribution in [2.75, 3.05) is 13.1 Å². The average molecular weight is 193 g/mol. The molecular weight excluding hydrogens is 174 g/mol. The zero-order valence-corrected chi connectivity index (χ0v) is 9.25. The first-order chi connectivity index (χ1) is 6.65. The number of rotatable bonds is 3. The summed E-state index contributed by atoms with van der Waals surface area (Å²) in [7, 11) is 0. The molecule has 1 fully saturated rings. The van der Waals surface area contributed by atoms with E-state index in [0.717, 1.165) is 19.5 Å². The lowest BCUT2D eigenvalue weighted by molar-refractivity contribution is 0.311. The van der Waals surface area contributed by atoms with Gasteiger partial charge in [0.1, 0.15) is 0 Å². The first-order valence-electron chi connectivity index (χ1n) is 5.38. The van der Waals surface area contributed by atoms with Crippen LogP contribution in [0.3, 0.4) is 0 Å². The summed E-state index contributed by atoms with van der Waals surface area (Å²) in [4.78, 5) is 4.27. The van der Waals surface area contributed by atoms with Crippen LogP contribution in [-0.2, 0) is 5.54 Å². The maximum Gasteiger partial charge on any atom is 0.0953 e. The minimum absolute atomic E-state index is 0.196. The minimum Gasteiger partial charge on any atom is -0.329 e. The normalized spacial score (nSPS) is 18.2. The van der Waals surface area contributed by atoms with E-state index < -0.39 is 0 Å². The lowest BCUT2D eigenvalue weighted by atomic mass is 9.95. The molecule has 1 aliphatic rings. The Hall–Kier alpha value is -0.830. The summed E-state index contributed by atoms with van der Waals surface area (Å²) in [6.07, 6.45) is 5.12. The maximum absolute atomic E-state index is 4.27. The summed E-state index contributed by atoms with van der Waals surface area (Å²) < 4.78 is 2.33. The maximum atomic E-state index is 4.27. The number of hydrogen-bond acceptors (Lipinski definition) is 2. The van der Waals surface area contributed by atoms with Gasteiger partial charge in [-0.05, 0) is 20.3 Å². The third-order valence-electron chi connectivity index (χ3n) is 3.38. The Morgan fingerprint density at radius 2 is 2.29 bits per heavy atom. The van der Waals surface area contributed by atoms with Gasteiger partial charge in [0.25, 0.3) is 0 Å². The van der Waals surface area contributed by atoms with Crippen molar-refractivity contribution >= 4 is 0 Å². The zero-order chi connectivity index (χ0) is 10.2. The fourth-order valence-electron chi connectivity index (χ4n) is 1.78. The van der Waals surface area contributed by atoms with Gasteiger partial charge in [0.15, 0.2) is 0 Å². The smallest absolute Gasteiger partial charge is 0.0953 e. The highest BCUT2D eigenvalue weighted by atomic mass is 15.1. The molecule has 3 heteroatoms. The molecule has 0 aromatic carbocycles. The fraction of sp³-hybridized carbons (Fsp3) is 0.727. The Morgan fingerprint density at radius 3 is 2.79 bits per heavy atom. The van der Waals surface area contributed by atoms with Crippen molar-refractivity contribution in [1.29, 1.82) is 0 Å². The highest BCUT2D eigenvalue weighted by molar-refractivity contribution is 5.13. The van der Waals surface area contributed by atoms with E-state index in [4.69, 9.17) is 0 Å². The van der Waals surface area contributed by atoms with E-state index in [-0.39, 0.29) is 5.54 Å². The molecule has 14 heavy (non-hydrogen) atoms. The van der Waals surface area contributed by atoms with Crippen LogP contribution in [0.4, 0.5) is 0 Å². The third-order valence-corrected chi connectivity index (χ3v) is 3.38. The van der Waals surface area contributed by atoms with E-state index in [1.807, 2.05) is 12.5 Å². The third kappa shape index (κ3) is 1.46. The van der Waals surface area contributed by atoms with E-state index in [0.29, 0.717) is 5.92 Å². The number of nitrogens with one attached hydrogen (secondary N) is 1. The second-order valence-corrected chi connectivity index (χ2v) is 4.71. The van der Waals surface area contributed by atoms with Gasteiger partial charge >= 0.3 is 0 Å². The van der Waals surface area contributed by atoms with Crippen molar-refractivity contribution in [3.05, 3.63) is 18.2 Å². The molecule has 1 aromatic heterocycles. The Balaban J connectivity index is 2.28. The SMILES string of the molecule is CCC(C)(C)n1cncc1C1CNC1. The molecule has 1 aromatic rings. The number of aromatic nitrogens is 2. The van der Waals surface area contributed by atoms with E-state index >= 15 is 0 Å². The quantitative estimate of drug-likeness (QED) is 0.792. The molecule has 0 spiro atoms. The number of nitrogens with zero attached hydrogens (tertiary/aromatic N) is 2. The van der Waals surface area contributed by atoms with E-state index in [2.05, 4.69) is 35.6 Å². The van der Waals surface area contributed by atoms with Gasteiger partial charge in [-0.3, -0.25) is 0 Å². The van der Waals surface area contributed by atoms with Crippen LogP contribution in [-0.4, -0.2) is 22.6 Å². The molecule has 0 saturated carbocycles. The lowest BCUT2D eigenvalue weighted by Crippen LogP contribution is -2.42. The van der Waals surface area contributed by atoms with Gasteiger partial charge in [0.2, 0.25) is 0 Å². The summed E-state index contributed by atoms with van der Waals surface area (Å²) in [5.74, 6) is 0.670. The number of hydrogen-bond donors (Lipinski definition) is 1. The van der Waals surface area contributed by atoms with Crippen LogP contribution >= 0.6 is 0 Å². The average Bonchev–Trinajstić information content (AvgIpc) is 2.50. The van der Waals surface area contributed by atoms with Gasteiger partial charge in [0.05, 0.1) is 6.33 Å². The summed E-state index contributed by atoms with van der Waals surface area (Å²) >= 11 is 0. The Kier molecular flexibility index (Phi) is 2.35. The fourth-order valence-corrected chi connectivity index (χ4v) is 1.78. The second kappa shape index (κ2) is 3.39. The van der Waals surface area contributed by atoms with Gasteiger partial charge < -0.3 is 9.88 Å². The molecule has 1 N–H and O–H groups in total. The second-order valence-electron chi connectivity index (χ2n) is 4.71. The molecule has 0 bridgehead atoms. The van der Waals surface area contributed by atoms with Crippen LogP contribution in [0.1, 0.15) is 38.8 Å². The molecular formula is C11H19N3. The Bertz CT molecular complexity index is 310. The van der Waals surface area contributed by atoms with Crippen molar-refractivity contribution in [2.45, 2.75) is 38.6 Å². The van der Waals surface area contributed by atoms with Crippen molar-refractivity contribution in [2.24, 2.45) is 0 Å². The van der Waals surface area contributed by atoms with Crippen LogP contribution in [0.2, 0.25) is 0 Å². The first-order valence-corrected chi connectivity index (χ1v) is 5.38. The molecule has 0 unspecified atom stereocenters. The van der Waals surface area contributed by atoms with E-state index in [1.165, 1.54) is 5.69 Å². The van der Waals surface area contributed by atoms with Crippen molar-refractivity contribution in [3.63, 3.8) is 0 Å². The van der Waals surface area contributed by atoms with Crippen LogP contribution in [0.15, 0.2) is 12.5 Å². The van der Waals surface area contributed by atoms with Crippen molar-refractivity contribution < 1.29 is 0 Å². The topological polar surface area (TPSA) is 29.9 Å². The van der Waals surface area contributed by atoms with E-state index in [1.54, 1.807) is 0 Å². The van der Waals surface area contributed by atoms with Gasteiger partial charge in [-0.2, -0.15) is 0 Å². The van der Waals surface area contributed by atoms with Crippen LogP contribution in [0.25, 0.3) is 0 Å². The molecule has 1 aliphatic heterocycles. The highest BCUT2D eigenvalue weighted by Crippen LogP contribution is 2.27. The predicted octanol–water partition coefficient (Wildman–Crippen LogP) is 1.71. The monoisotopic (exact) mass is 193 g/mol. The largest absolute Gasteiger partial charge is 0.329 e. The molecule has 1 saturated heterocycles. The van der Waals surface area contributed by atoms with Crippen LogP contribution < -0.4 is 5.32 Å². The summed E-state index contributed by atoms with van der Waals surface area (Å²) in [5.41, 5.74) is 1.58. The molecule has 0 aliphatic carbocycles. The molecule has 3 nitrogen and oxygen atoms in total. The van der Waals surface area contributed by atoms with E-state index in [9.17, 15) is 0 Å². The summed E-state index contributed by atoms with van der Waals surface area (Å²) in [5, 5.41) is 3.31. The number of imidazole rings is 1. The van der Waals surface area contributed by atoms with Crippen molar-refractivity contribution in [1.82, 2.24) is 14.9 Å². The standard InChI is InChI=1S/C11H19N3/c1-4-11(2,3)14-8-13-7-10(14)9-5-12-6-9/h7-9,12H,4-6H2,1-3H3. The molecule has 78 valence electrons. The van der Waals surface area contributed by atoms with Gasteiger partial charge in [-0.25, -0.2) is 4.98 Å². The first kappa shape index (κ1) is 9.71. The minimum atomic E-state index is 0.196. The Morgan fingerprint density at radius 1 is 1.57 bits per heavy atom. The van der Waals surface area contributed by atoms with Gasteiger partial charge in [0, 0.05) is 36.4 Å². The van der Waals surface area contributed by atoms with Crippen molar-refractivity contribution in [3.8, 4) is 0 Å². The predicted molar refractivity (Wildman–Crippen MR) is 57.5 cm³/mol. The molecule has 0 amide bonds.